The second-order valence-corrected chi connectivity index (χ2v) is 11.5. The summed E-state index contributed by atoms with van der Waals surface area (Å²) in [6.45, 7) is 2.94. The highest BCUT2D eigenvalue weighted by Crippen LogP contribution is 2.37. The van der Waals surface area contributed by atoms with Crippen molar-refractivity contribution in [1.29, 1.82) is 0 Å². The molecule has 1 saturated heterocycles. The van der Waals surface area contributed by atoms with Gasteiger partial charge < -0.3 is 19.1 Å². The van der Waals surface area contributed by atoms with E-state index < -0.39 is 22.0 Å². The summed E-state index contributed by atoms with van der Waals surface area (Å²) in [5, 5.41) is 0.316. The molecule has 1 N–H and O–H groups in total. The van der Waals surface area contributed by atoms with Gasteiger partial charge in [0.15, 0.2) is 0 Å². The van der Waals surface area contributed by atoms with Crippen LogP contribution in [0.1, 0.15) is 49.7 Å². The number of pyridine rings is 1. The van der Waals surface area contributed by atoms with Crippen molar-refractivity contribution in [2.24, 2.45) is 0 Å². The van der Waals surface area contributed by atoms with Crippen LogP contribution < -0.4 is 4.74 Å². The summed E-state index contributed by atoms with van der Waals surface area (Å²) >= 11 is 5.96. The van der Waals surface area contributed by atoms with E-state index in [-0.39, 0.29) is 43.8 Å². The Bertz CT molecular complexity index is 1310. The van der Waals surface area contributed by atoms with E-state index in [1.54, 1.807) is 54.4 Å². The van der Waals surface area contributed by atoms with Gasteiger partial charge in [-0.1, -0.05) is 29.8 Å². The SMILES string of the molecule is CC1=C(C(=O)OCc2ccc(OCCCS(=O)(=O)O)cc2)[C@H](c2ccc(Cl)nc2)CC(=O)N1C[C@H]1CCCO1. The van der Waals surface area contributed by atoms with Gasteiger partial charge >= 0.3 is 5.97 Å². The van der Waals surface area contributed by atoms with Gasteiger partial charge in [-0.2, -0.15) is 8.42 Å². The third kappa shape index (κ3) is 8.01. The molecule has 210 valence electrons. The van der Waals surface area contributed by atoms with E-state index in [1.165, 1.54) is 0 Å². The Morgan fingerprint density at radius 2 is 2.00 bits per heavy atom. The molecule has 2 atom stereocenters. The van der Waals surface area contributed by atoms with Crippen LogP contribution in [0.2, 0.25) is 5.15 Å². The summed E-state index contributed by atoms with van der Waals surface area (Å²) < 4.78 is 47.3. The molecule has 0 saturated carbocycles. The number of carbonyl (C=O) groups is 2. The van der Waals surface area contributed by atoms with Crippen LogP contribution in [0, 0.1) is 0 Å². The van der Waals surface area contributed by atoms with Gasteiger partial charge in [0, 0.05) is 30.8 Å². The lowest BCUT2D eigenvalue weighted by Gasteiger charge is -2.35. The van der Waals surface area contributed by atoms with Crippen LogP contribution in [-0.4, -0.2) is 66.3 Å². The maximum atomic E-state index is 13.5. The zero-order valence-electron chi connectivity index (χ0n) is 21.5. The number of hydrogen-bond acceptors (Lipinski definition) is 8. The molecule has 10 nitrogen and oxygen atoms in total. The van der Waals surface area contributed by atoms with E-state index in [1.807, 2.05) is 0 Å². The molecule has 2 aromatic rings. The third-order valence-electron chi connectivity index (χ3n) is 6.71. The molecule has 0 spiro atoms. The van der Waals surface area contributed by atoms with Crippen molar-refractivity contribution in [3.8, 4) is 5.75 Å². The van der Waals surface area contributed by atoms with E-state index in [4.69, 9.17) is 30.4 Å². The van der Waals surface area contributed by atoms with E-state index in [0.717, 1.165) is 18.4 Å². The van der Waals surface area contributed by atoms with Crippen molar-refractivity contribution in [2.75, 3.05) is 25.5 Å². The standard InChI is InChI=1S/C27H31ClN2O8S/c1-18-26(27(32)38-17-19-5-8-21(9-6-19)36-12-3-13-39(33,34)35)23(20-7-10-24(28)29-15-20)14-25(31)30(18)16-22-4-2-11-37-22/h5-10,15,22-23H,2-4,11-14,16-17H2,1H3,(H,33,34,35)/t22-,23+/m1/s1. The number of halogens is 1. The van der Waals surface area contributed by atoms with Crippen molar-refractivity contribution >= 4 is 33.6 Å². The minimum Gasteiger partial charge on any atom is -0.494 e. The third-order valence-corrected chi connectivity index (χ3v) is 7.74. The second-order valence-electron chi connectivity index (χ2n) is 9.52. The fourth-order valence-electron chi connectivity index (χ4n) is 4.71. The van der Waals surface area contributed by atoms with E-state index >= 15 is 0 Å². The summed E-state index contributed by atoms with van der Waals surface area (Å²) in [7, 11) is -4.02. The summed E-state index contributed by atoms with van der Waals surface area (Å²) in [5.41, 5.74) is 2.36. The zero-order valence-corrected chi connectivity index (χ0v) is 23.1. The van der Waals surface area contributed by atoms with Crippen molar-refractivity contribution in [3.63, 3.8) is 0 Å². The van der Waals surface area contributed by atoms with Crippen LogP contribution in [0.5, 0.6) is 5.75 Å². The fourth-order valence-corrected chi connectivity index (χ4v) is 5.30. The van der Waals surface area contributed by atoms with Gasteiger partial charge in [0.05, 0.1) is 30.6 Å². The first-order valence-electron chi connectivity index (χ1n) is 12.7. The normalized spacial score (nSPS) is 19.9. The molecule has 1 aromatic heterocycles. The van der Waals surface area contributed by atoms with Crippen LogP contribution in [0.4, 0.5) is 0 Å². The van der Waals surface area contributed by atoms with Crippen molar-refractivity contribution in [1.82, 2.24) is 9.88 Å². The van der Waals surface area contributed by atoms with Crippen LogP contribution in [0.3, 0.4) is 0 Å². The Hall–Kier alpha value is -2.99. The van der Waals surface area contributed by atoms with Gasteiger partial charge in [0.2, 0.25) is 5.91 Å². The number of nitrogens with zero attached hydrogens (tertiary/aromatic N) is 2. The van der Waals surface area contributed by atoms with E-state index in [2.05, 4.69) is 4.98 Å². The molecule has 1 amide bonds. The van der Waals surface area contributed by atoms with Gasteiger partial charge in [-0.05, 0) is 55.5 Å². The summed E-state index contributed by atoms with van der Waals surface area (Å²) in [4.78, 5) is 32.4. The van der Waals surface area contributed by atoms with E-state index in [9.17, 15) is 18.0 Å². The molecule has 1 aromatic carbocycles. The van der Waals surface area contributed by atoms with Crippen LogP contribution >= 0.6 is 11.6 Å². The highest BCUT2D eigenvalue weighted by molar-refractivity contribution is 7.85. The molecule has 39 heavy (non-hydrogen) atoms. The average Bonchev–Trinajstić information content (AvgIpc) is 3.41. The quantitative estimate of drug-likeness (QED) is 0.182. The number of carbonyl (C=O) groups excluding carboxylic acids is 2. The lowest BCUT2D eigenvalue weighted by Crippen LogP contribution is -2.42. The van der Waals surface area contributed by atoms with Gasteiger partial charge in [-0.15, -0.1) is 0 Å². The Labute approximate surface area is 232 Å². The van der Waals surface area contributed by atoms with Gasteiger partial charge in [-0.3, -0.25) is 9.35 Å². The topological polar surface area (TPSA) is 132 Å². The largest absolute Gasteiger partial charge is 0.494 e. The van der Waals surface area contributed by atoms with Crippen LogP contribution in [-0.2, 0) is 35.8 Å². The highest BCUT2D eigenvalue weighted by atomic mass is 35.5. The lowest BCUT2D eigenvalue weighted by molar-refractivity contribution is -0.141. The molecular weight excluding hydrogens is 548 g/mol. The number of hydrogen-bond donors (Lipinski definition) is 1. The van der Waals surface area contributed by atoms with E-state index in [0.29, 0.717) is 40.9 Å². The molecule has 0 bridgehead atoms. The molecule has 0 radical (unpaired) electrons. The number of aromatic nitrogens is 1. The van der Waals surface area contributed by atoms with Gasteiger partial charge in [-0.25, -0.2) is 9.78 Å². The summed E-state index contributed by atoms with van der Waals surface area (Å²) in [6.07, 6.45) is 3.57. The first-order valence-corrected chi connectivity index (χ1v) is 14.7. The monoisotopic (exact) mass is 578 g/mol. The summed E-state index contributed by atoms with van der Waals surface area (Å²) in [5.74, 6) is -0.992. The van der Waals surface area contributed by atoms with Crippen LogP contribution in [0.25, 0.3) is 0 Å². The Balaban J connectivity index is 1.46. The number of ether oxygens (including phenoxy) is 3. The number of rotatable bonds is 11. The van der Waals surface area contributed by atoms with Gasteiger partial charge in [0.1, 0.15) is 17.5 Å². The van der Waals surface area contributed by atoms with Crippen molar-refractivity contribution in [3.05, 3.63) is 70.1 Å². The number of esters is 1. The summed E-state index contributed by atoms with van der Waals surface area (Å²) in [6, 6.07) is 10.2. The molecule has 1 fully saturated rings. The lowest BCUT2D eigenvalue weighted by atomic mass is 9.84. The molecule has 2 aliphatic rings. The van der Waals surface area contributed by atoms with Crippen molar-refractivity contribution in [2.45, 2.75) is 51.2 Å². The Morgan fingerprint density at radius 1 is 1.23 bits per heavy atom. The number of allylic oxidation sites excluding steroid dienone is 1. The molecular formula is C27H31ClN2O8S. The van der Waals surface area contributed by atoms with Crippen molar-refractivity contribution < 1.29 is 36.8 Å². The number of amides is 1. The average molecular weight is 579 g/mol. The number of benzene rings is 1. The molecule has 2 aliphatic heterocycles. The Kier molecular flexibility index (Phi) is 9.60. The molecule has 0 aliphatic carbocycles. The maximum Gasteiger partial charge on any atom is 0.336 e. The molecule has 12 heteroatoms. The fraction of sp³-hybridized carbons (Fsp3) is 0.444. The van der Waals surface area contributed by atoms with Crippen LogP contribution in [0.15, 0.2) is 53.9 Å². The van der Waals surface area contributed by atoms with Gasteiger partial charge in [0.25, 0.3) is 10.1 Å². The predicted octanol–water partition coefficient (Wildman–Crippen LogP) is 3.90. The molecule has 4 rings (SSSR count). The first-order chi connectivity index (χ1) is 18.6. The molecule has 0 unspecified atom stereocenters. The predicted molar refractivity (Wildman–Crippen MR) is 143 cm³/mol. The second kappa shape index (κ2) is 12.9. The maximum absolute atomic E-state index is 13.5. The first kappa shape index (κ1) is 29.0. The minimum atomic E-state index is -4.02. The Morgan fingerprint density at radius 3 is 2.64 bits per heavy atom. The minimum absolute atomic E-state index is 0.00389. The molecule has 3 heterocycles. The smallest absolute Gasteiger partial charge is 0.336 e. The highest BCUT2D eigenvalue weighted by Gasteiger charge is 2.38. The zero-order chi connectivity index (χ0) is 28.0.